The second kappa shape index (κ2) is 20.4. The van der Waals surface area contributed by atoms with Crippen LogP contribution in [0.5, 0.6) is 0 Å². The van der Waals surface area contributed by atoms with E-state index in [-0.39, 0.29) is 11.6 Å². The molecule has 0 saturated carbocycles. The van der Waals surface area contributed by atoms with E-state index in [2.05, 4.69) is 101 Å². The lowest BCUT2D eigenvalue weighted by molar-refractivity contribution is 0.103. The van der Waals surface area contributed by atoms with Crippen LogP contribution in [-0.4, -0.2) is 11.6 Å². The number of hydrogen-bond acceptors (Lipinski definition) is 2. The highest BCUT2D eigenvalue weighted by Crippen LogP contribution is 2.16. The lowest BCUT2D eigenvalue weighted by atomic mass is 10.0. The number of aryl methyl sites for hydroxylation is 9. The summed E-state index contributed by atoms with van der Waals surface area (Å²) in [5.74, 6) is 0.0867. The number of hydrogen-bond donors (Lipinski definition) is 0. The Morgan fingerprint density at radius 1 is 0.327 bits per heavy atom. The Labute approximate surface area is 329 Å². The molecule has 2 heteroatoms. The Balaban J connectivity index is 0.000000184. The van der Waals surface area contributed by atoms with Gasteiger partial charge >= 0.3 is 0 Å². The van der Waals surface area contributed by atoms with Crippen molar-refractivity contribution in [2.24, 2.45) is 0 Å². The first kappa shape index (κ1) is 41.6. The van der Waals surface area contributed by atoms with E-state index < -0.39 is 0 Å². The molecule has 0 radical (unpaired) electrons. The van der Waals surface area contributed by atoms with Gasteiger partial charge in [0.2, 0.25) is 0 Å². The largest absolute Gasteiger partial charge is 0.289 e. The zero-order valence-electron chi connectivity index (χ0n) is 33.9. The maximum atomic E-state index is 12.1. The van der Waals surface area contributed by atoms with Crippen LogP contribution in [0.4, 0.5) is 0 Å². The van der Waals surface area contributed by atoms with Gasteiger partial charge in [-0.25, -0.2) is 0 Å². The van der Waals surface area contributed by atoms with Gasteiger partial charge in [0.15, 0.2) is 11.6 Å². The summed E-state index contributed by atoms with van der Waals surface area (Å²) >= 11 is 0. The highest BCUT2D eigenvalue weighted by molar-refractivity contribution is 6.07. The molecule has 6 rings (SSSR count). The van der Waals surface area contributed by atoms with Crippen molar-refractivity contribution in [1.82, 2.24) is 0 Å². The van der Waals surface area contributed by atoms with Gasteiger partial charge in [0, 0.05) is 11.1 Å². The molecular weight excluding hydrogens is 669 g/mol. The molecule has 0 spiro atoms. The molecule has 0 saturated heterocycles. The van der Waals surface area contributed by atoms with Crippen LogP contribution in [-0.2, 0) is 0 Å². The zero-order valence-corrected chi connectivity index (χ0v) is 33.9. The van der Waals surface area contributed by atoms with Crippen LogP contribution < -0.4 is 0 Å². The zero-order chi connectivity index (χ0) is 39.9. The van der Waals surface area contributed by atoms with Crippen molar-refractivity contribution >= 4 is 35.9 Å². The molecule has 0 aliphatic carbocycles. The molecule has 0 aliphatic rings. The third-order valence-electron chi connectivity index (χ3n) is 9.55. The maximum absolute atomic E-state index is 12.1. The van der Waals surface area contributed by atoms with Crippen molar-refractivity contribution in [2.75, 3.05) is 0 Å². The van der Waals surface area contributed by atoms with Gasteiger partial charge in [0.25, 0.3) is 0 Å². The topological polar surface area (TPSA) is 34.1 Å². The Morgan fingerprint density at radius 2 is 0.745 bits per heavy atom. The minimum absolute atomic E-state index is 0.0416. The Morgan fingerprint density at radius 3 is 1.29 bits per heavy atom. The minimum Gasteiger partial charge on any atom is -0.289 e. The standard InChI is InChI=1S/2C18H18O.C17H18/c1-13-4-8-17(9-5-13)18(19)11-10-16-7-6-14(2)12-15(16)3;1-13-4-7-16(8-5-13)9-11-18(19)17-10-6-14(2)15(3)12-17;1-13-4-7-16(8-5-13)10-11-17-9-6-14(2)15(3)12-17/h2*4-12H,1-3H3;4-12H,1-3H3. The summed E-state index contributed by atoms with van der Waals surface area (Å²) in [5, 5.41) is 0. The molecule has 0 bridgehead atoms. The summed E-state index contributed by atoms with van der Waals surface area (Å²) in [5.41, 5.74) is 17.3. The molecule has 2 nitrogen and oxygen atoms in total. The predicted octanol–water partition coefficient (Wildman–Crippen LogP) is 13.8. The maximum Gasteiger partial charge on any atom is 0.185 e. The highest BCUT2D eigenvalue weighted by Gasteiger charge is 2.04. The number of carbonyl (C=O) groups is 2. The van der Waals surface area contributed by atoms with Gasteiger partial charge in [-0.3, -0.25) is 9.59 Å². The molecule has 0 unspecified atom stereocenters. The average Bonchev–Trinajstić information content (AvgIpc) is 3.17. The Hall–Kier alpha value is -6.12. The Kier molecular flexibility index (Phi) is 15.4. The molecule has 6 aromatic rings. The fraction of sp³-hybridized carbons (Fsp3) is 0.170. The summed E-state index contributed by atoms with van der Waals surface area (Å²) in [6.45, 7) is 18.7. The molecule has 0 amide bonds. The molecule has 0 heterocycles. The van der Waals surface area contributed by atoms with Crippen LogP contribution in [0, 0.1) is 62.3 Å². The van der Waals surface area contributed by atoms with E-state index in [0.29, 0.717) is 0 Å². The first-order chi connectivity index (χ1) is 26.3. The molecular formula is C53H54O2. The van der Waals surface area contributed by atoms with Gasteiger partial charge in [-0.1, -0.05) is 168 Å². The monoisotopic (exact) mass is 722 g/mol. The SMILES string of the molecule is Cc1ccc(C(=O)C=Cc2ccc(C)cc2C)cc1.Cc1ccc(C=CC(=O)c2ccc(C)c(C)c2)cc1.Cc1ccc(C=Cc2ccc(C)c(C)c2)cc1. The third kappa shape index (κ3) is 13.7. The quantitative estimate of drug-likeness (QED) is 0.0890. The first-order valence-electron chi connectivity index (χ1n) is 18.8. The molecule has 0 N–H and O–H groups in total. The molecule has 6 aromatic carbocycles. The molecule has 0 aromatic heterocycles. The van der Waals surface area contributed by atoms with Crippen molar-refractivity contribution in [1.29, 1.82) is 0 Å². The fourth-order valence-electron chi connectivity index (χ4n) is 5.57. The van der Waals surface area contributed by atoms with Crippen molar-refractivity contribution < 1.29 is 9.59 Å². The molecule has 278 valence electrons. The molecule has 55 heavy (non-hydrogen) atoms. The highest BCUT2D eigenvalue weighted by atomic mass is 16.1. The van der Waals surface area contributed by atoms with Crippen LogP contribution in [0.1, 0.15) is 93.0 Å². The smallest absolute Gasteiger partial charge is 0.185 e. The number of ketones is 2. The van der Waals surface area contributed by atoms with Crippen LogP contribution in [0.2, 0.25) is 0 Å². The fourth-order valence-corrected chi connectivity index (χ4v) is 5.57. The summed E-state index contributed by atoms with van der Waals surface area (Å²) in [4.78, 5) is 24.1. The number of rotatable bonds is 8. The van der Waals surface area contributed by atoms with Crippen molar-refractivity contribution in [3.8, 4) is 0 Å². The third-order valence-corrected chi connectivity index (χ3v) is 9.55. The number of allylic oxidation sites excluding steroid dienone is 2. The summed E-state index contributed by atoms with van der Waals surface area (Å²) in [7, 11) is 0. The van der Waals surface area contributed by atoms with Gasteiger partial charge in [0.05, 0.1) is 0 Å². The van der Waals surface area contributed by atoms with Crippen molar-refractivity contribution in [3.05, 3.63) is 223 Å². The van der Waals surface area contributed by atoms with Crippen LogP contribution in [0.3, 0.4) is 0 Å². The Bertz CT molecular complexity index is 2300. The molecule has 0 aliphatic heterocycles. The van der Waals surface area contributed by atoms with Gasteiger partial charge in [-0.2, -0.15) is 0 Å². The van der Waals surface area contributed by atoms with E-state index in [4.69, 9.17) is 0 Å². The van der Waals surface area contributed by atoms with Gasteiger partial charge < -0.3 is 0 Å². The van der Waals surface area contributed by atoms with Gasteiger partial charge in [-0.15, -0.1) is 0 Å². The van der Waals surface area contributed by atoms with Gasteiger partial charge in [0.1, 0.15) is 0 Å². The second-order valence-corrected chi connectivity index (χ2v) is 14.4. The normalized spacial score (nSPS) is 10.9. The first-order valence-corrected chi connectivity index (χ1v) is 18.8. The van der Waals surface area contributed by atoms with E-state index >= 15 is 0 Å². The summed E-state index contributed by atoms with van der Waals surface area (Å²) in [6, 6.07) is 42.9. The van der Waals surface area contributed by atoms with E-state index in [1.54, 1.807) is 12.2 Å². The van der Waals surface area contributed by atoms with Gasteiger partial charge in [-0.05, 0) is 131 Å². The minimum atomic E-state index is 0.0416. The lowest BCUT2D eigenvalue weighted by Gasteiger charge is -2.02. The van der Waals surface area contributed by atoms with Crippen LogP contribution in [0.25, 0.3) is 24.3 Å². The van der Waals surface area contributed by atoms with E-state index in [1.807, 2.05) is 113 Å². The van der Waals surface area contributed by atoms with Crippen LogP contribution in [0.15, 0.2) is 140 Å². The number of carbonyl (C=O) groups excluding carboxylic acids is 2. The summed E-state index contributed by atoms with van der Waals surface area (Å²) in [6.07, 6.45) is 11.3. The van der Waals surface area contributed by atoms with Crippen LogP contribution >= 0.6 is 0 Å². The van der Waals surface area contributed by atoms with Crippen molar-refractivity contribution in [2.45, 2.75) is 62.3 Å². The second-order valence-electron chi connectivity index (χ2n) is 14.4. The van der Waals surface area contributed by atoms with Crippen molar-refractivity contribution in [3.63, 3.8) is 0 Å². The number of benzene rings is 6. The average molecular weight is 723 g/mol. The predicted molar refractivity (Wildman–Crippen MR) is 237 cm³/mol. The van der Waals surface area contributed by atoms with E-state index in [9.17, 15) is 9.59 Å². The lowest BCUT2D eigenvalue weighted by Crippen LogP contribution is -1.95. The molecule has 0 atom stereocenters. The summed E-state index contributed by atoms with van der Waals surface area (Å²) < 4.78 is 0. The van der Waals surface area contributed by atoms with E-state index in [0.717, 1.165) is 33.4 Å². The molecule has 0 fully saturated rings. The van der Waals surface area contributed by atoms with E-state index in [1.165, 1.54) is 50.1 Å².